The maximum absolute atomic E-state index is 13.1. The second-order valence-electron chi connectivity index (χ2n) is 8.09. The van der Waals surface area contributed by atoms with E-state index in [1.54, 1.807) is 0 Å². The van der Waals surface area contributed by atoms with Crippen molar-refractivity contribution in [2.24, 2.45) is 5.41 Å². The van der Waals surface area contributed by atoms with Crippen LogP contribution >= 0.6 is 11.3 Å². The number of aryl methyl sites for hydroxylation is 1. The molecule has 2 amide bonds. The Morgan fingerprint density at radius 3 is 2.72 bits per heavy atom. The van der Waals surface area contributed by atoms with Gasteiger partial charge in [-0.1, -0.05) is 33.6 Å². The minimum Gasteiger partial charge on any atom is -0.374 e. The molecule has 1 aliphatic heterocycles. The van der Waals surface area contributed by atoms with Crippen LogP contribution in [-0.2, 0) is 9.53 Å². The quantitative estimate of drug-likeness (QED) is 0.868. The molecule has 0 unspecified atom stereocenters. The molecule has 2 fully saturated rings. The van der Waals surface area contributed by atoms with E-state index in [2.05, 4.69) is 5.32 Å². The SMILES string of the molecule is Cc1cc(NC(=O)C(C)(C)C)sc1C(=O)N1CCO[C@H]2CCCC[C@@H]21. The number of nitrogens with one attached hydrogen (secondary N) is 1. The van der Waals surface area contributed by atoms with Gasteiger partial charge in [0.1, 0.15) is 0 Å². The van der Waals surface area contributed by atoms with Crippen molar-refractivity contribution in [3.63, 3.8) is 0 Å². The van der Waals surface area contributed by atoms with Crippen LogP contribution in [0.1, 0.15) is 61.7 Å². The predicted molar refractivity (Wildman–Crippen MR) is 100 cm³/mol. The van der Waals surface area contributed by atoms with Crippen LogP contribution in [0.3, 0.4) is 0 Å². The van der Waals surface area contributed by atoms with Crippen LogP contribution in [0.4, 0.5) is 5.00 Å². The van der Waals surface area contributed by atoms with Gasteiger partial charge in [0.2, 0.25) is 5.91 Å². The van der Waals surface area contributed by atoms with Crippen molar-refractivity contribution in [3.05, 3.63) is 16.5 Å². The fraction of sp³-hybridized carbons (Fsp3) is 0.684. The van der Waals surface area contributed by atoms with Gasteiger partial charge in [0.25, 0.3) is 5.91 Å². The third-order valence-electron chi connectivity index (χ3n) is 5.02. The molecular weight excluding hydrogens is 336 g/mol. The lowest BCUT2D eigenvalue weighted by Crippen LogP contribution is -2.54. The van der Waals surface area contributed by atoms with E-state index in [0.717, 1.165) is 34.7 Å². The number of fused-ring (bicyclic) bond motifs is 1. The lowest BCUT2D eigenvalue weighted by Gasteiger charge is -2.43. The summed E-state index contributed by atoms with van der Waals surface area (Å²) in [6, 6.07) is 2.10. The van der Waals surface area contributed by atoms with Gasteiger partial charge in [0, 0.05) is 12.0 Å². The molecule has 1 saturated carbocycles. The van der Waals surface area contributed by atoms with E-state index < -0.39 is 5.41 Å². The number of hydrogen-bond acceptors (Lipinski definition) is 4. The molecule has 138 valence electrons. The number of thiophene rings is 1. The van der Waals surface area contributed by atoms with Crippen LogP contribution in [-0.4, -0.2) is 42.0 Å². The van der Waals surface area contributed by atoms with Crippen molar-refractivity contribution in [3.8, 4) is 0 Å². The summed E-state index contributed by atoms with van der Waals surface area (Å²) >= 11 is 1.38. The fourth-order valence-electron chi connectivity index (χ4n) is 3.53. The molecule has 2 aliphatic rings. The topological polar surface area (TPSA) is 58.6 Å². The van der Waals surface area contributed by atoms with E-state index in [-0.39, 0.29) is 24.0 Å². The average Bonchev–Trinajstić information content (AvgIpc) is 2.93. The molecule has 1 aromatic heterocycles. The highest BCUT2D eigenvalue weighted by molar-refractivity contribution is 7.18. The largest absolute Gasteiger partial charge is 0.374 e. The predicted octanol–water partition coefficient (Wildman–Crippen LogP) is 3.82. The molecule has 1 aliphatic carbocycles. The molecule has 1 saturated heterocycles. The molecule has 0 aromatic carbocycles. The summed E-state index contributed by atoms with van der Waals surface area (Å²) in [6.45, 7) is 8.85. The van der Waals surface area contributed by atoms with E-state index >= 15 is 0 Å². The molecule has 0 spiro atoms. The molecular formula is C19H28N2O3S. The van der Waals surface area contributed by atoms with Crippen LogP contribution in [0.15, 0.2) is 6.07 Å². The Hall–Kier alpha value is -1.40. The van der Waals surface area contributed by atoms with Gasteiger partial charge >= 0.3 is 0 Å². The lowest BCUT2D eigenvalue weighted by atomic mass is 9.90. The summed E-state index contributed by atoms with van der Waals surface area (Å²) in [4.78, 5) is 28.1. The maximum Gasteiger partial charge on any atom is 0.264 e. The van der Waals surface area contributed by atoms with Crippen molar-refractivity contribution in [2.75, 3.05) is 18.5 Å². The lowest BCUT2D eigenvalue weighted by molar-refractivity contribution is -0.123. The summed E-state index contributed by atoms with van der Waals surface area (Å²) in [6.07, 6.45) is 4.60. The Bertz CT molecular complexity index is 660. The van der Waals surface area contributed by atoms with Gasteiger partial charge in [0.05, 0.1) is 28.6 Å². The van der Waals surface area contributed by atoms with Crippen molar-refractivity contribution < 1.29 is 14.3 Å². The number of amides is 2. The number of rotatable bonds is 2. The third kappa shape index (κ3) is 3.90. The normalized spacial score (nSPS) is 23.9. The Labute approximate surface area is 153 Å². The van der Waals surface area contributed by atoms with Crippen LogP contribution in [0.5, 0.6) is 0 Å². The Kier molecular flexibility index (Phi) is 5.21. The molecule has 1 aromatic rings. The fourth-order valence-corrected chi connectivity index (χ4v) is 4.56. The monoisotopic (exact) mass is 364 g/mol. The van der Waals surface area contributed by atoms with E-state index in [0.29, 0.717) is 13.2 Å². The van der Waals surface area contributed by atoms with Gasteiger partial charge in [-0.3, -0.25) is 9.59 Å². The van der Waals surface area contributed by atoms with Crippen molar-refractivity contribution in [1.29, 1.82) is 0 Å². The van der Waals surface area contributed by atoms with Gasteiger partial charge in [-0.2, -0.15) is 0 Å². The van der Waals surface area contributed by atoms with Crippen LogP contribution in [0.2, 0.25) is 0 Å². The third-order valence-corrected chi connectivity index (χ3v) is 6.16. The first-order valence-electron chi connectivity index (χ1n) is 9.12. The molecule has 2 atom stereocenters. The summed E-state index contributed by atoms with van der Waals surface area (Å²) in [5, 5.41) is 3.69. The minimum atomic E-state index is -0.457. The molecule has 2 heterocycles. The second kappa shape index (κ2) is 7.08. The van der Waals surface area contributed by atoms with Crippen LogP contribution in [0.25, 0.3) is 0 Å². The van der Waals surface area contributed by atoms with Crippen molar-refractivity contribution in [2.45, 2.75) is 65.5 Å². The number of nitrogens with zero attached hydrogens (tertiary/aromatic N) is 1. The summed E-state index contributed by atoms with van der Waals surface area (Å²) in [5.41, 5.74) is 0.472. The number of carbonyl (C=O) groups is 2. The number of carbonyl (C=O) groups excluding carboxylic acids is 2. The highest BCUT2D eigenvalue weighted by Gasteiger charge is 2.37. The van der Waals surface area contributed by atoms with Gasteiger partial charge in [-0.15, -0.1) is 11.3 Å². The van der Waals surface area contributed by atoms with Gasteiger partial charge in [-0.05, 0) is 31.4 Å². The van der Waals surface area contributed by atoms with Gasteiger partial charge < -0.3 is 15.0 Å². The smallest absolute Gasteiger partial charge is 0.264 e. The molecule has 6 heteroatoms. The highest BCUT2D eigenvalue weighted by Crippen LogP contribution is 2.33. The van der Waals surface area contributed by atoms with E-state index in [9.17, 15) is 9.59 Å². The van der Waals surface area contributed by atoms with Gasteiger partial charge in [-0.25, -0.2) is 0 Å². The molecule has 3 rings (SSSR count). The zero-order valence-electron chi connectivity index (χ0n) is 15.6. The number of ether oxygens (including phenoxy) is 1. The number of anilines is 1. The molecule has 1 N–H and O–H groups in total. The Morgan fingerprint density at radius 1 is 1.28 bits per heavy atom. The first-order chi connectivity index (χ1) is 11.8. The van der Waals surface area contributed by atoms with E-state index in [4.69, 9.17) is 4.74 Å². The second-order valence-corrected chi connectivity index (χ2v) is 9.14. The Balaban J connectivity index is 1.77. The summed E-state index contributed by atoms with van der Waals surface area (Å²) < 4.78 is 5.88. The minimum absolute atomic E-state index is 0.0357. The van der Waals surface area contributed by atoms with E-state index in [1.807, 2.05) is 38.7 Å². The molecule has 0 bridgehead atoms. The number of hydrogen-bond donors (Lipinski definition) is 1. The molecule has 0 radical (unpaired) electrons. The first-order valence-corrected chi connectivity index (χ1v) is 9.93. The zero-order valence-corrected chi connectivity index (χ0v) is 16.4. The first kappa shape index (κ1) is 18.4. The highest BCUT2D eigenvalue weighted by atomic mass is 32.1. The van der Waals surface area contributed by atoms with E-state index in [1.165, 1.54) is 17.8 Å². The summed E-state index contributed by atoms with van der Waals surface area (Å²) in [5.74, 6) is 0.0467. The van der Waals surface area contributed by atoms with Crippen molar-refractivity contribution >= 4 is 28.2 Å². The molecule has 5 nitrogen and oxygen atoms in total. The maximum atomic E-state index is 13.1. The van der Waals surface area contributed by atoms with Crippen LogP contribution < -0.4 is 5.32 Å². The molecule has 25 heavy (non-hydrogen) atoms. The Morgan fingerprint density at radius 2 is 2.00 bits per heavy atom. The number of morpholine rings is 1. The summed E-state index contributed by atoms with van der Waals surface area (Å²) in [7, 11) is 0. The van der Waals surface area contributed by atoms with Gasteiger partial charge in [0.15, 0.2) is 0 Å². The van der Waals surface area contributed by atoms with Crippen molar-refractivity contribution in [1.82, 2.24) is 4.90 Å². The zero-order chi connectivity index (χ0) is 18.2. The average molecular weight is 365 g/mol. The van der Waals surface area contributed by atoms with Crippen LogP contribution in [0, 0.1) is 12.3 Å². The standard InChI is InChI=1S/C19H28N2O3S/c1-12-11-15(20-18(23)19(2,3)4)25-16(12)17(22)21-9-10-24-14-8-6-5-7-13(14)21/h11,13-14H,5-10H2,1-4H3,(H,20,23)/t13-,14-/m0/s1.